The van der Waals surface area contributed by atoms with Crippen molar-refractivity contribution in [1.29, 1.82) is 0 Å². The van der Waals surface area contributed by atoms with Crippen LogP contribution in [0, 0.1) is 24.0 Å². The quantitative estimate of drug-likeness (QED) is 0.0278. The third-order valence-corrected chi connectivity index (χ3v) is 22.3. The number of nitrogens with one attached hydrogen (secondary N) is 3. The second kappa shape index (κ2) is 26.5. The third-order valence-electron chi connectivity index (χ3n) is 16.3. The van der Waals surface area contributed by atoms with Crippen LogP contribution in [0.5, 0.6) is 5.75 Å². The van der Waals surface area contributed by atoms with Crippen LogP contribution in [-0.4, -0.2) is 121 Å². The number of likely N-dealkylation sites (tertiary alicyclic amines) is 1. The fraction of sp³-hybridized carbons (Fsp3) is 0.424. The fourth-order valence-corrected chi connectivity index (χ4v) is 17.5. The van der Waals surface area contributed by atoms with Gasteiger partial charge in [0, 0.05) is 66.5 Å². The van der Waals surface area contributed by atoms with Crippen LogP contribution >= 0.6 is 11.3 Å². The number of aliphatic hydroxyl groups is 1. The van der Waals surface area contributed by atoms with E-state index in [9.17, 15) is 19.5 Å². The number of rotatable bonds is 23. The van der Waals surface area contributed by atoms with Crippen molar-refractivity contribution < 1.29 is 51.0 Å². The summed E-state index contributed by atoms with van der Waals surface area (Å²) in [5.74, 6) is -6.80. The van der Waals surface area contributed by atoms with Crippen molar-refractivity contribution in [2.75, 3.05) is 39.5 Å². The second-order valence-electron chi connectivity index (χ2n) is 24.7. The molecule has 5 aromatic carbocycles. The highest BCUT2D eigenvalue weighted by molar-refractivity contribution is 7.13. The van der Waals surface area contributed by atoms with E-state index >= 15 is 17.6 Å². The van der Waals surface area contributed by atoms with Crippen LogP contribution in [0.15, 0.2) is 127 Å². The van der Waals surface area contributed by atoms with Crippen LogP contribution in [0.4, 0.5) is 17.6 Å². The van der Waals surface area contributed by atoms with E-state index in [4.69, 9.17) is 13.9 Å². The largest absolute Gasteiger partial charge is 0.493 e. The number of H-pyrrole nitrogens is 1. The van der Waals surface area contributed by atoms with Crippen molar-refractivity contribution >= 4 is 58.7 Å². The minimum Gasteiger partial charge on any atom is -0.493 e. The molecule has 0 radical (unpaired) electrons. The lowest BCUT2D eigenvalue weighted by Crippen LogP contribution is -2.67. The van der Waals surface area contributed by atoms with Gasteiger partial charge in [-0.15, -0.1) is 11.3 Å². The molecular formula is C66H78F4N6O7SSi. The minimum absolute atomic E-state index is 0.0505. The van der Waals surface area contributed by atoms with Gasteiger partial charge in [-0.3, -0.25) is 19.3 Å². The second-order valence-corrected chi connectivity index (χ2v) is 29.9. The zero-order chi connectivity index (χ0) is 60.8. The highest BCUT2D eigenvalue weighted by atomic mass is 32.1. The molecule has 9 rings (SSSR count). The lowest BCUT2D eigenvalue weighted by molar-refractivity contribution is -0.144. The average Bonchev–Trinajstić information content (AvgIpc) is 1.98. The smallest absolute Gasteiger partial charge is 0.282 e. The highest BCUT2D eigenvalue weighted by Gasteiger charge is 2.53. The number of alkyl halides is 2. The number of β-amino-alcohol motifs (C(OH)–C–C–N with tert-alkyl or cyclic N) is 1. The van der Waals surface area contributed by atoms with Crippen LogP contribution in [0.1, 0.15) is 108 Å². The fourth-order valence-electron chi connectivity index (χ4n) is 12.1. The third kappa shape index (κ3) is 14.2. The standard InChI is InChI=1S/C66H78F4N6O7SSi/c1-42-32-51-50-24-16-17-25-54(50)73-58(51)59(76(42)39-66(69,70)40-83-85(65(6,7)8,48-20-12-9-13-21-48)49-22-14-10-15-23-49)57-52(67)34-47(35-53(57)68)82-31-19-11-18-30-81-38-56(78)74-61(64(3,4)5)63(80)75-37-46(77)33-55(75)62(79)71-36-44-26-28-45(29-27-44)60-43(2)72-41-84-60/h9-10,12-17,20-29,34-35,41-42,46,55,59,61,73,77H,11,18-19,30-33,36-40H2,1-8H3,(H,71,79)(H,74,78)/t42-,46-,55+,59-,61?/m1/s1. The molecule has 1 saturated heterocycles. The summed E-state index contributed by atoms with van der Waals surface area (Å²) in [6.45, 7) is 13.6. The number of aromatic amines is 1. The Bertz CT molecular complexity index is 3360. The summed E-state index contributed by atoms with van der Waals surface area (Å²) in [4.78, 5) is 52.5. The van der Waals surface area contributed by atoms with Crippen molar-refractivity contribution in [3.8, 4) is 16.2 Å². The van der Waals surface area contributed by atoms with Crippen molar-refractivity contribution in [2.45, 2.75) is 135 Å². The Hall–Kier alpha value is -6.74. The Morgan fingerprint density at radius 1 is 0.859 bits per heavy atom. The summed E-state index contributed by atoms with van der Waals surface area (Å²) in [6.07, 6.45) is 1.09. The number of nitrogens with zero attached hydrogens (tertiary/aromatic N) is 3. The Balaban J connectivity index is 0.786. The van der Waals surface area contributed by atoms with Gasteiger partial charge in [0.2, 0.25) is 17.7 Å². The van der Waals surface area contributed by atoms with Gasteiger partial charge < -0.3 is 39.5 Å². The molecule has 452 valence electrons. The molecular weight excluding hydrogens is 1120 g/mol. The number of benzene rings is 5. The van der Waals surface area contributed by atoms with E-state index in [1.807, 2.05) is 144 Å². The van der Waals surface area contributed by atoms with Gasteiger partial charge in [-0.1, -0.05) is 145 Å². The first-order chi connectivity index (χ1) is 40.5. The van der Waals surface area contributed by atoms with Crippen molar-refractivity contribution in [2.24, 2.45) is 5.41 Å². The van der Waals surface area contributed by atoms with Crippen LogP contribution in [0.3, 0.4) is 0 Å². The Labute approximate surface area is 500 Å². The SMILES string of the molecule is Cc1ncsc1-c1ccc(CNC(=O)[C@@H]2C[C@@H](O)CN2C(=O)C(NC(=O)COCCCCCOc2cc(F)c([C@@H]3c4[nH]c5ccccc5c4C[C@@H](C)N3CC(F)(F)CO[Si](c3ccccc3)(c3ccccc3)C(C)(C)C)c(F)c2)C(C)(C)C)cc1. The number of para-hydroxylation sites is 1. The van der Waals surface area contributed by atoms with Crippen molar-refractivity contribution in [3.05, 3.63) is 167 Å². The number of aryl methyl sites for hydroxylation is 1. The van der Waals surface area contributed by atoms with Gasteiger partial charge in [-0.05, 0) is 83.1 Å². The van der Waals surface area contributed by atoms with Gasteiger partial charge >= 0.3 is 0 Å². The Morgan fingerprint density at radius 3 is 2.12 bits per heavy atom. The molecule has 1 fully saturated rings. The molecule has 0 spiro atoms. The summed E-state index contributed by atoms with van der Waals surface area (Å²) < 4.78 is 85.9. The number of thiazole rings is 1. The molecule has 5 atom stereocenters. The topological polar surface area (TPSA) is 158 Å². The lowest BCUT2D eigenvalue weighted by atomic mass is 9.85. The monoisotopic (exact) mass is 1200 g/mol. The summed E-state index contributed by atoms with van der Waals surface area (Å²) >= 11 is 1.56. The van der Waals surface area contributed by atoms with E-state index in [-0.39, 0.29) is 50.6 Å². The molecule has 0 saturated carbocycles. The number of fused-ring (bicyclic) bond motifs is 3. The first-order valence-corrected chi connectivity index (χ1v) is 32.0. The number of halogens is 4. The number of carbonyl (C=O) groups is 3. The molecule has 2 aromatic heterocycles. The van der Waals surface area contributed by atoms with E-state index in [1.54, 1.807) is 37.6 Å². The number of aromatic nitrogens is 2. The summed E-state index contributed by atoms with van der Waals surface area (Å²) in [5, 5.41) is 18.4. The normalized spacial score (nSPS) is 18.1. The molecule has 2 aliphatic rings. The molecule has 13 nitrogen and oxygen atoms in total. The average molecular weight is 1200 g/mol. The minimum atomic E-state index is -3.46. The maximum atomic E-state index is 17.0. The lowest BCUT2D eigenvalue weighted by Gasteiger charge is -2.45. The maximum Gasteiger partial charge on any atom is 0.282 e. The van der Waals surface area contributed by atoms with E-state index in [0.29, 0.717) is 31.4 Å². The summed E-state index contributed by atoms with van der Waals surface area (Å²) in [7, 11) is -3.38. The van der Waals surface area contributed by atoms with E-state index in [2.05, 4.69) is 20.6 Å². The first-order valence-electron chi connectivity index (χ1n) is 29.2. The van der Waals surface area contributed by atoms with Gasteiger partial charge in [0.15, 0.2) is 0 Å². The highest BCUT2D eigenvalue weighted by Crippen LogP contribution is 2.45. The van der Waals surface area contributed by atoms with Gasteiger partial charge in [-0.25, -0.2) is 22.5 Å². The number of amides is 3. The predicted molar refractivity (Wildman–Crippen MR) is 327 cm³/mol. The zero-order valence-electron chi connectivity index (χ0n) is 49.7. The first kappa shape index (κ1) is 62.8. The number of aliphatic hydroxyl groups excluding tert-OH is 1. The van der Waals surface area contributed by atoms with Gasteiger partial charge in [-0.2, -0.15) is 0 Å². The molecule has 4 N–H and O–H groups in total. The molecule has 0 bridgehead atoms. The van der Waals surface area contributed by atoms with E-state index in [1.165, 1.54) is 9.80 Å². The molecule has 3 amide bonds. The molecule has 7 aromatic rings. The summed E-state index contributed by atoms with van der Waals surface area (Å²) in [6, 6.07) is 32.9. The van der Waals surface area contributed by atoms with Gasteiger partial charge in [0.25, 0.3) is 14.2 Å². The van der Waals surface area contributed by atoms with E-state index < -0.39 is 97.5 Å². The summed E-state index contributed by atoms with van der Waals surface area (Å²) in [5.41, 5.74) is 5.51. The van der Waals surface area contributed by atoms with Gasteiger partial charge in [0.05, 0.1) is 48.0 Å². The molecule has 85 heavy (non-hydrogen) atoms. The number of unbranched alkanes of at least 4 members (excludes halogenated alkanes) is 2. The molecule has 0 aliphatic carbocycles. The maximum absolute atomic E-state index is 17.0. The van der Waals surface area contributed by atoms with Crippen LogP contribution in [0.2, 0.25) is 5.04 Å². The number of ether oxygens (including phenoxy) is 2. The number of carbonyl (C=O) groups excluding carboxylic acids is 3. The zero-order valence-corrected chi connectivity index (χ0v) is 51.5. The number of hydrogen-bond acceptors (Lipinski definition) is 10. The molecule has 2 aliphatic heterocycles. The Morgan fingerprint density at radius 2 is 1.49 bits per heavy atom. The Kier molecular flexibility index (Phi) is 19.6. The van der Waals surface area contributed by atoms with Crippen LogP contribution in [0.25, 0.3) is 21.3 Å². The van der Waals surface area contributed by atoms with Gasteiger partial charge in [0.1, 0.15) is 36.1 Å². The molecule has 19 heteroatoms. The van der Waals surface area contributed by atoms with E-state index in [0.717, 1.165) is 60.7 Å². The van der Waals surface area contributed by atoms with Crippen LogP contribution < -0.4 is 25.7 Å². The van der Waals surface area contributed by atoms with Crippen molar-refractivity contribution in [3.63, 3.8) is 0 Å². The molecule has 4 heterocycles. The van der Waals surface area contributed by atoms with Crippen LogP contribution in [-0.2, 0) is 36.5 Å². The molecule has 1 unspecified atom stereocenters. The number of hydrogen-bond donors (Lipinski definition) is 4. The van der Waals surface area contributed by atoms with Crippen molar-refractivity contribution in [1.82, 2.24) is 30.4 Å². The predicted octanol–water partition coefficient (Wildman–Crippen LogP) is 10.8.